The molecule has 7 heteroatoms. The highest BCUT2D eigenvalue weighted by Crippen LogP contribution is 2.26. The van der Waals surface area contributed by atoms with Crippen LogP contribution >= 0.6 is 11.6 Å². The third-order valence-electron chi connectivity index (χ3n) is 4.14. The van der Waals surface area contributed by atoms with Crippen molar-refractivity contribution in [1.82, 2.24) is 0 Å². The molecule has 0 spiro atoms. The summed E-state index contributed by atoms with van der Waals surface area (Å²) in [6.07, 6.45) is -3.87. The second kappa shape index (κ2) is 8.97. The molecule has 1 saturated heterocycles. The van der Waals surface area contributed by atoms with Crippen LogP contribution in [0.2, 0.25) is 0 Å². The van der Waals surface area contributed by atoms with E-state index < -0.39 is 35.7 Å². The zero-order valence-corrected chi connectivity index (χ0v) is 15.1. The summed E-state index contributed by atoms with van der Waals surface area (Å²) < 4.78 is 30.6. The summed E-state index contributed by atoms with van der Waals surface area (Å²) >= 11 is 5.92. The first kappa shape index (κ1) is 19.3. The van der Waals surface area contributed by atoms with Gasteiger partial charge in [0.25, 0.3) is 0 Å². The van der Waals surface area contributed by atoms with Gasteiger partial charge in [0, 0.05) is 0 Å². The molecule has 2 aromatic carbocycles. The summed E-state index contributed by atoms with van der Waals surface area (Å²) in [5, 5.41) is -0.959. The van der Waals surface area contributed by atoms with Gasteiger partial charge in [-0.1, -0.05) is 36.4 Å². The van der Waals surface area contributed by atoms with E-state index in [1.54, 1.807) is 60.7 Å². The number of carbonyl (C=O) groups is 2. The van der Waals surface area contributed by atoms with Crippen LogP contribution in [0.1, 0.15) is 20.7 Å². The molecular formula is C20H18ClFO5. The Bertz CT molecular complexity index is 770. The molecule has 1 unspecified atom stereocenters. The first-order valence-electron chi connectivity index (χ1n) is 8.44. The number of rotatable bonds is 5. The van der Waals surface area contributed by atoms with Gasteiger partial charge < -0.3 is 14.2 Å². The largest absolute Gasteiger partial charge is 0.459 e. The molecule has 1 aliphatic heterocycles. The fourth-order valence-corrected chi connectivity index (χ4v) is 2.89. The number of carbonyl (C=O) groups excluding carboxylic acids is 2. The highest BCUT2D eigenvalue weighted by Gasteiger charge is 2.43. The van der Waals surface area contributed by atoms with Crippen molar-refractivity contribution >= 4 is 23.5 Å². The predicted octanol–water partition coefficient (Wildman–Crippen LogP) is 3.41. The van der Waals surface area contributed by atoms with Gasteiger partial charge >= 0.3 is 11.9 Å². The Kier molecular flexibility index (Phi) is 6.42. The summed E-state index contributed by atoms with van der Waals surface area (Å²) in [6, 6.07) is 16.6. The van der Waals surface area contributed by atoms with Crippen molar-refractivity contribution in [3.63, 3.8) is 0 Å². The normalized spacial score (nSPS) is 24.8. The quantitative estimate of drug-likeness (QED) is 0.576. The van der Waals surface area contributed by atoms with Gasteiger partial charge in [-0.3, -0.25) is 0 Å². The van der Waals surface area contributed by atoms with Crippen LogP contribution in [0.3, 0.4) is 0 Å². The average Bonchev–Trinajstić information content (AvgIpc) is 2.71. The lowest BCUT2D eigenvalue weighted by molar-refractivity contribution is -0.131. The summed E-state index contributed by atoms with van der Waals surface area (Å²) in [5.41, 5.74) is 0.639. The lowest BCUT2D eigenvalue weighted by Crippen LogP contribution is -2.52. The molecule has 1 heterocycles. The Labute approximate surface area is 161 Å². The number of benzene rings is 2. The third kappa shape index (κ3) is 4.84. The van der Waals surface area contributed by atoms with Gasteiger partial charge in [0.2, 0.25) is 0 Å². The van der Waals surface area contributed by atoms with Crippen molar-refractivity contribution in [1.29, 1.82) is 0 Å². The van der Waals surface area contributed by atoms with Crippen molar-refractivity contribution in [2.24, 2.45) is 0 Å². The van der Waals surface area contributed by atoms with Gasteiger partial charge in [0.15, 0.2) is 12.3 Å². The summed E-state index contributed by atoms with van der Waals surface area (Å²) in [7, 11) is 0. The van der Waals surface area contributed by atoms with E-state index in [2.05, 4.69) is 0 Å². The third-order valence-corrected chi connectivity index (χ3v) is 4.50. The van der Waals surface area contributed by atoms with Gasteiger partial charge in [0.05, 0.1) is 23.1 Å². The summed E-state index contributed by atoms with van der Waals surface area (Å²) in [6.45, 7) is -0.333. The zero-order chi connectivity index (χ0) is 19.2. The summed E-state index contributed by atoms with van der Waals surface area (Å²) in [5.74, 6) is -1.27. The van der Waals surface area contributed by atoms with E-state index in [0.29, 0.717) is 5.56 Å². The van der Waals surface area contributed by atoms with Crippen LogP contribution < -0.4 is 0 Å². The number of hydrogen-bond donors (Lipinski definition) is 0. The molecule has 0 N–H and O–H groups in total. The van der Waals surface area contributed by atoms with E-state index in [-0.39, 0.29) is 18.8 Å². The number of esters is 2. The summed E-state index contributed by atoms with van der Waals surface area (Å²) in [4.78, 5) is 24.4. The highest BCUT2D eigenvalue weighted by atomic mass is 35.5. The second-order valence-electron chi connectivity index (χ2n) is 6.03. The van der Waals surface area contributed by atoms with E-state index in [4.69, 9.17) is 25.8 Å². The molecule has 0 saturated carbocycles. The Morgan fingerprint density at radius 1 is 1.00 bits per heavy atom. The molecule has 2 aromatic rings. The van der Waals surface area contributed by atoms with Gasteiger partial charge in [0.1, 0.15) is 12.7 Å². The zero-order valence-electron chi connectivity index (χ0n) is 14.3. The topological polar surface area (TPSA) is 61.8 Å². The van der Waals surface area contributed by atoms with Crippen LogP contribution in [0, 0.1) is 0 Å². The van der Waals surface area contributed by atoms with Crippen molar-refractivity contribution in [2.75, 3.05) is 13.2 Å². The Hall–Kier alpha value is -2.44. The van der Waals surface area contributed by atoms with E-state index in [1.807, 2.05) is 0 Å². The van der Waals surface area contributed by atoms with E-state index in [1.165, 1.54) is 0 Å². The maximum atomic E-state index is 14.6. The van der Waals surface area contributed by atoms with Gasteiger partial charge in [-0.2, -0.15) is 0 Å². The number of halogens is 2. The number of alkyl halides is 2. The predicted molar refractivity (Wildman–Crippen MR) is 96.6 cm³/mol. The Morgan fingerprint density at radius 2 is 1.56 bits per heavy atom. The maximum absolute atomic E-state index is 14.6. The molecule has 0 bridgehead atoms. The Balaban J connectivity index is 1.66. The number of ether oxygens (including phenoxy) is 3. The molecule has 1 aliphatic rings. The van der Waals surface area contributed by atoms with Crippen LogP contribution in [-0.2, 0) is 14.2 Å². The minimum absolute atomic E-state index is 0.0737. The molecule has 5 nitrogen and oxygen atoms in total. The molecule has 0 aliphatic carbocycles. The lowest BCUT2D eigenvalue weighted by atomic mass is 10.0. The van der Waals surface area contributed by atoms with Crippen LogP contribution in [0.5, 0.6) is 0 Å². The van der Waals surface area contributed by atoms with Crippen LogP contribution in [0.15, 0.2) is 60.7 Å². The van der Waals surface area contributed by atoms with Crippen LogP contribution in [-0.4, -0.2) is 48.9 Å². The minimum Gasteiger partial charge on any atom is -0.459 e. The SMILES string of the molecule is O=C(OC[C@H]1OC[C@H](Cl)[C@@H](F)C1OC(=O)c1ccccc1)c1ccccc1. The van der Waals surface area contributed by atoms with Crippen LogP contribution in [0.25, 0.3) is 0 Å². The standard InChI is InChI=1S/C20H18ClFO5/c21-15-11-25-16(12-26-19(23)13-7-3-1-4-8-13)18(17(15)22)27-20(24)14-9-5-2-6-10-14/h1-10,15-18H,11-12H2/t15-,16+,17+,18?/m0/s1. The first-order chi connectivity index (χ1) is 13.1. The van der Waals surface area contributed by atoms with E-state index in [0.717, 1.165) is 0 Å². The average molecular weight is 393 g/mol. The van der Waals surface area contributed by atoms with Crippen LogP contribution in [0.4, 0.5) is 4.39 Å². The molecule has 4 atom stereocenters. The lowest BCUT2D eigenvalue weighted by Gasteiger charge is -2.35. The monoisotopic (exact) mass is 392 g/mol. The van der Waals surface area contributed by atoms with E-state index in [9.17, 15) is 14.0 Å². The van der Waals surface area contributed by atoms with Gasteiger partial charge in [-0.15, -0.1) is 11.6 Å². The smallest absolute Gasteiger partial charge is 0.338 e. The molecule has 0 amide bonds. The first-order valence-corrected chi connectivity index (χ1v) is 8.88. The van der Waals surface area contributed by atoms with Gasteiger partial charge in [-0.05, 0) is 24.3 Å². The van der Waals surface area contributed by atoms with E-state index >= 15 is 0 Å². The molecule has 27 heavy (non-hydrogen) atoms. The fourth-order valence-electron chi connectivity index (χ4n) is 2.68. The van der Waals surface area contributed by atoms with Crippen molar-refractivity contribution in [3.05, 3.63) is 71.8 Å². The molecule has 1 fully saturated rings. The minimum atomic E-state index is -1.64. The second-order valence-corrected chi connectivity index (χ2v) is 6.59. The molecule has 142 valence electrons. The van der Waals surface area contributed by atoms with Gasteiger partial charge in [-0.25, -0.2) is 14.0 Å². The number of hydrogen-bond acceptors (Lipinski definition) is 5. The molecular weight excluding hydrogens is 375 g/mol. The van der Waals surface area contributed by atoms with Crippen molar-refractivity contribution < 1.29 is 28.2 Å². The molecule has 0 radical (unpaired) electrons. The fraction of sp³-hybridized carbons (Fsp3) is 0.300. The van der Waals surface area contributed by atoms with Crippen molar-refractivity contribution in [2.45, 2.75) is 23.8 Å². The molecule has 3 rings (SSSR count). The Morgan fingerprint density at radius 3 is 2.15 bits per heavy atom. The van der Waals surface area contributed by atoms with Crippen molar-refractivity contribution in [3.8, 4) is 0 Å². The highest BCUT2D eigenvalue weighted by molar-refractivity contribution is 6.21. The molecule has 0 aromatic heterocycles. The maximum Gasteiger partial charge on any atom is 0.338 e.